The lowest BCUT2D eigenvalue weighted by Crippen LogP contribution is -2.40. The van der Waals surface area contributed by atoms with Gasteiger partial charge in [-0.1, -0.05) is 25.9 Å². The van der Waals surface area contributed by atoms with Gasteiger partial charge in [0.2, 0.25) is 0 Å². The highest BCUT2D eigenvalue weighted by Crippen LogP contribution is 2.14. The summed E-state index contributed by atoms with van der Waals surface area (Å²) < 4.78 is 7.27. The zero-order valence-corrected chi connectivity index (χ0v) is 15.0. The summed E-state index contributed by atoms with van der Waals surface area (Å²) in [5, 5.41) is 14.9. The van der Waals surface area contributed by atoms with Gasteiger partial charge in [-0.15, -0.1) is 0 Å². The quantitative estimate of drug-likeness (QED) is 0.573. The van der Waals surface area contributed by atoms with Crippen LogP contribution in [0.5, 0.6) is 0 Å². The van der Waals surface area contributed by atoms with E-state index in [2.05, 4.69) is 53.6 Å². The van der Waals surface area contributed by atoms with Crippen molar-refractivity contribution in [1.29, 1.82) is 0 Å². The number of guanidine groups is 1. The van der Waals surface area contributed by atoms with Crippen molar-refractivity contribution in [1.82, 2.24) is 25.6 Å². The molecule has 0 bridgehead atoms. The lowest BCUT2D eigenvalue weighted by Gasteiger charge is -2.15. The van der Waals surface area contributed by atoms with Crippen molar-refractivity contribution in [3.63, 3.8) is 0 Å². The second-order valence-electron chi connectivity index (χ2n) is 6.28. The number of nitrogens with zero attached hydrogens (tertiary/aromatic N) is 4. The molecular weight excluding hydrogens is 304 g/mol. The molecule has 2 N–H and O–H groups in total. The first kappa shape index (κ1) is 18.0. The first-order valence-corrected chi connectivity index (χ1v) is 8.53. The zero-order valence-electron chi connectivity index (χ0n) is 15.0. The summed E-state index contributed by atoms with van der Waals surface area (Å²) in [6.07, 6.45) is 3.78. The van der Waals surface area contributed by atoms with Crippen molar-refractivity contribution >= 4 is 5.96 Å². The second-order valence-corrected chi connectivity index (χ2v) is 6.28. The van der Waals surface area contributed by atoms with E-state index in [0.29, 0.717) is 18.4 Å². The van der Waals surface area contributed by atoms with E-state index in [0.717, 1.165) is 37.0 Å². The van der Waals surface area contributed by atoms with E-state index in [1.807, 2.05) is 23.0 Å². The van der Waals surface area contributed by atoms with Gasteiger partial charge in [-0.2, -0.15) is 5.10 Å². The van der Waals surface area contributed by atoms with Gasteiger partial charge >= 0.3 is 0 Å². The second kappa shape index (κ2) is 9.10. The third-order valence-electron chi connectivity index (χ3n) is 3.58. The van der Waals surface area contributed by atoms with Crippen LogP contribution < -0.4 is 10.6 Å². The van der Waals surface area contributed by atoms with Gasteiger partial charge in [0.1, 0.15) is 6.54 Å². The van der Waals surface area contributed by atoms with Crippen LogP contribution in [0.25, 0.3) is 0 Å². The van der Waals surface area contributed by atoms with Gasteiger partial charge in [-0.05, 0) is 24.8 Å². The standard InChI is InChI=1S/C17H28N6O/c1-5-18-17(19-10-14(4)12-23-8-6-7-21-23)20-11-15-9-16(13(2)3)22-24-15/h6-9,13-14H,5,10-12H2,1-4H3,(H2,18,19,20). The van der Waals surface area contributed by atoms with Crippen LogP contribution in [0.4, 0.5) is 0 Å². The molecule has 0 amide bonds. The predicted octanol–water partition coefficient (Wildman–Crippen LogP) is 2.39. The summed E-state index contributed by atoms with van der Waals surface area (Å²) in [7, 11) is 0. The molecule has 2 rings (SSSR count). The van der Waals surface area contributed by atoms with Gasteiger partial charge in [0, 0.05) is 38.1 Å². The molecule has 7 nitrogen and oxygen atoms in total. The van der Waals surface area contributed by atoms with E-state index in [-0.39, 0.29) is 0 Å². The smallest absolute Gasteiger partial charge is 0.191 e. The number of nitrogens with one attached hydrogen (secondary N) is 2. The fourth-order valence-corrected chi connectivity index (χ4v) is 2.24. The van der Waals surface area contributed by atoms with Crippen LogP contribution in [0.15, 0.2) is 34.0 Å². The first-order valence-electron chi connectivity index (χ1n) is 8.53. The average molecular weight is 332 g/mol. The zero-order chi connectivity index (χ0) is 17.4. The predicted molar refractivity (Wildman–Crippen MR) is 94.8 cm³/mol. The van der Waals surface area contributed by atoms with Crippen molar-refractivity contribution in [2.24, 2.45) is 10.9 Å². The van der Waals surface area contributed by atoms with E-state index in [4.69, 9.17) is 4.52 Å². The Hall–Kier alpha value is -2.31. The van der Waals surface area contributed by atoms with E-state index < -0.39 is 0 Å². The fourth-order valence-electron chi connectivity index (χ4n) is 2.24. The first-order chi connectivity index (χ1) is 11.6. The summed E-state index contributed by atoms with van der Waals surface area (Å²) >= 11 is 0. The summed E-state index contributed by atoms with van der Waals surface area (Å²) in [4.78, 5) is 4.56. The molecule has 0 aromatic carbocycles. The molecule has 2 heterocycles. The molecule has 1 unspecified atom stereocenters. The van der Waals surface area contributed by atoms with Crippen LogP contribution >= 0.6 is 0 Å². The lowest BCUT2D eigenvalue weighted by molar-refractivity contribution is 0.376. The maximum atomic E-state index is 5.33. The Morgan fingerprint density at radius 1 is 1.33 bits per heavy atom. The van der Waals surface area contributed by atoms with Gasteiger partial charge in [0.25, 0.3) is 0 Å². The van der Waals surface area contributed by atoms with Crippen LogP contribution in [-0.4, -0.2) is 34.0 Å². The largest absolute Gasteiger partial charge is 0.359 e. The molecule has 2 aromatic heterocycles. The van der Waals surface area contributed by atoms with Gasteiger partial charge in [0.15, 0.2) is 11.7 Å². The number of aromatic nitrogens is 3. The van der Waals surface area contributed by atoms with Crippen molar-refractivity contribution < 1.29 is 4.52 Å². The summed E-state index contributed by atoms with van der Waals surface area (Å²) in [5.41, 5.74) is 0.964. The van der Waals surface area contributed by atoms with E-state index >= 15 is 0 Å². The summed E-state index contributed by atoms with van der Waals surface area (Å²) in [5.74, 6) is 2.36. The van der Waals surface area contributed by atoms with E-state index in [9.17, 15) is 0 Å². The normalized spacial score (nSPS) is 13.3. The van der Waals surface area contributed by atoms with Gasteiger partial charge in [-0.3, -0.25) is 4.68 Å². The Morgan fingerprint density at radius 3 is 2.79 bits per heavy atom. The monoisotopic (exact) mass is 332 g/mol. The highest BCUT2D eigenvalue weighted by Gasteiger charge is 2.08. The average Bonchev–Trinajstić information content (AvgIpc) is 3.21. The van der Waals surface area contributed by atoms with Gasteiger partial charge in [0.05, 0.1) is 5.69 Å². The molecule has 1 atom stereocenters. The third-order valence-corrected chi connectivity index (χ3v) is 3.58. The molecule has 0 saturated heterocycles. The Bertz CT molecular complexity index is 617. The van der Waals surface area contributed by atoms with E-state index in [1.165, 1.54) is 0 Å². The molecule has 2 aromatic rings. The van der Waals surface area contributed by atoms with Gasteiger partial charge < -0.3 is 15.2 Å². The minimum absolute atomic E-state index is 0.362. The van der Waals surface area contributed by atoms with Crippen LogP contribution in [0.2, 0.25) is 0 Å². The van der Waals surface area contributed by atoms with E-state index in [1.54, 1.807) is 6.20 Å². The Kier molecular flexibility index (Phi) is 6.84. The molecule has 0 radical (unpaired) electrons. The molecule has 0 aliphatic rings. The molecule has 0 spiro atoms. The number of rotatable bonds is 8. The molecule has 0 aliphatic carbocycles. The van der Waals surface area contributed by atoms with Crippen LogP contribution in [0.1, 0.15) is 45.1 Å². The Labute approximate surface area is 143 Å². The lowest BCUT2D eigenvalue weighted by atomic mass is 10.1. The highest BCUT2D eigenvalue weighted by atomic mass is 16.5. The van der Waals surface area contributed by atoms with Crippen molar-refractivity contribution in [2.45, 2.75) is 46.7 Å². The third kappa shape index (κ3) is 5.72. The summed E-state index contributed by atoms with van der Waals surface area (Å²) in [6, 6.07) is 3.91. The number of aliphatic imine (C=N–C) groups is 1. The van der Waals surface area contributed by atoms with Crippen molar-refractivity contribution in [3.05, 3.63) is 36.0 Å². The number of hydrogen-bond acceptors (Lipinski definition) is 4. The maximum absolute atomic E-state index is 5.33. The van der Waals surface area contributed by atoms with Crippen LogP contribution in [0.3, 0.4) is 0 Å². The van der Waals surface area contributed by atoms with Crippen molar-refractivity contribution in [2.75, 3.05) is 13.1 Å². The van der Waals surface area contributed by atoms with Crippen molar-refractivity contribution in [3.8, 4) is 0 Å². The topological polar surface area (TPSA) is 80.3 Å². The Balaban J connectivity index is 1.85. The molecule has 24 heavy (non-hydrogen) atoms. The molecular formula is C17H28N6O. The molecule has 0 saturated carbocycles. The maximum Gasteiger partial charge on any atom is 0.191 e. The fraction of sp³-hybridized carbons (Fsp3) is 0.588. The molecule has 0 fully saturated rings. The highest BCUT2D eigenvalue weighted by molar-refractivity contribution is 5.79. The van der Waals surface area contributed by atoms with Crippen LogP contribution in [-0.2, 0) is 13.1 Å². The minimum atomic E-state index is 0.362. The SMILES string of the molecule is CCNC(=NCc1cc(C(C)C)no1)NCC(C)Cn1cccn1. The number of hydrogen-bond donors (Lipinski definition) is 2. The Morgan fingerprint density at radius 2 is 2.17 bits per heavy atom. The van der Waals surface area contributed by atoms with Gasteiger partial charge in [-0.25, -0.2) is 4.99 Å². The molecule has 0 aliphatic heterocycles. The molecule has 7 heteroatoms. The summed E-state index contributed by atoms with van der Waals surface area (Å²) in [6.45, 7) is 11.4. The molecule has 132 valence electrons. The minimum Gasteiger partial charge on any atom is -0.359 e. The van der Waals surface area contributed by atoms with Crippen LogP contribution in [0, 0.1) is 5.92 Å².